The highest BCUT2D eigenvalue weighted by Gasteiger charge is 2.37. The maximum absolute atomic E-state index is 12.9. The van der Waals surface area contributed by atoms with Crippen molar-refractivity contribution in [2.75, 3.05) is 15.4 Å². The van der Waals surface area contributed by atoms with Gasteiger partial charge in [-0.3, -0.25) is 9.59 Å². The molecule has 0 bridgehead atoms. The molecule has 2 aromatic carbocycles. The summed E-state index contributed by atoms with van der Waals surface area (Å²) in [6, 6.07) is 10.1. The number of carbonyl (C=O) groups is 2. The molecule has 1 N–H and O–H groups in total. The standard InChI is InChI=1S/C20H21ClN2O4S/c1-12(2)15-6-4-5-13(3)19(15)22-20(25)14-7-8-16(21)17(11-14)23-18(24)9-10-28(23,26)27/h4-8,11-12H,9-10H2,1-3H3,(H,22,25). The molecule has 1 saturated heterocycles. The van der Waals surface area contributed by atoms with Crippen molar-refractivity contribution < 1.29 is 18.0 Å². The lowest BCUT2D eigenvalue weighted by molar-refractivity contribution is -0.116. The molecule has 1 aliphatic rings. The van der Waals surface area contributed by atoms with Gasteiger partial charge in [0, 0.05) is 17.7 Å². The van der Waals surface area contributed by atoms with Gasteiger partial charge in [0.2, 0.25) is 15.9 Å². The van der Waals surface area contributed by atoms with Crippen molar-refractivity contribution in [3.05, 3.63) is 58.1 Å². The van der Waals surface area contributed by atoms with E-state index in [0.717, 1.165) is 16.8 Å². The van der Waals surface area contributed by atoms with Gasteiger partial charge in [-0.1, -0.05) is 43.6 Å². The molecule has 1 fully saturated rings. The topological polar surface area (TPSA) is 83.6 Å². The van der Waals surface area contributed by atoms with Crippen LogP contribution in [0.4, 0.5) is 11.4 Å². The van der Waals surface area contributed by atoms with Gasteiger partial charge in [0.15, 0.2) is 0 Å². The van der Waals surface area contributed by atoms with Crippen LogP contribution in [0.25, 0.3) is 0 Å². The van der Waals surface area contributed by atoms with Gasteiger partial charge in [-0.05, 0) is 42.2 Å². The number of hydrogen-bond donors (Lipinski definition) is 1. The zero-order chi connectivity index (χ0) is 20.6. The van der Waals surface area contributed by atoms with E-state index in [1.807, 2.05) is 39.0 Å². The van der Waals surface area contributed by atoms with Gasteiger partial charge < -0.3 is 5.32 Å². The number of carbonyl (C=O) groups excluding carboxylic acids is 2. The summed E-state index contributed by atoms with van der Waals surface area (Å²) in [7, 11) is -3.77. The van der Waals surface area contributed by atoms with Gasteiger partial charge in [0.25, 0.3) is 5.91 Å². The molecule has 0 atom stereocenters. The van der Waals surface area contributed by atoms with Crippen molar-refractivity contribution in [3.8, 4) is 0 Å². The fraction of sp³-hybridized carbons (Fsp3) is 0.300. The molecule has 0 unspecified atom stereocenters. The SMILES string of the molecule is Cc1cccc(C(C)C)c1NC(=O)c1ccc(Cl)c(N2C(=O)CCS2(=O)=O)c1. The van der Waals surface area contributed by atoms with Crippen LogP contribution in [0, 0.1) is 6.92 Å². The van der Waals surface area contributed by atoms with Gasteiger partial charge in [0.05, 0.1) is 16.5 Å². The molecule has 1 heterocycles. The molecule has 28 heavy (non-hydrogen) atoms. The zero-order valence-corrected chi connectivity index (χ0v) is 17.4. The van der Waals surface area contributed by atoms with Crippen molar-refractivity contribution in [2.45, 2.75) is 33.1 Å². The summed E-state index contributed by atoms with van der Waals surface area (Å²) in [5, 5.41) is 3.00. The first kappa shape index (κ1) is 20.4. The van der Waals surface area contributed by atoms with E-state index in [9.17, 15) is 18.0 Å². The molecule has 0 aromatic heterocycles. The summed E-state index contributed by atoms with van der Waals surface area (Å²) in [5.41, 5.74) is 2.87. The van der Waals surface area contributed by atoms with Crippen molar-refractivity contribution in [3.63, 3.8) is 0 Å². The molecular weight excluding hydrogens is 400 g/mol. The average molecular weight is 421 g/mol. The number of nitrogens with zero attached hydrogens (tertiary/aromatic N) is 1. The lowest BCUT2D eigenvalue weighted by atomic mass is 9.98. The van der Waals surface area contributed by atoms with E-state index in [0.29, 0.717) is 4.31 Å². The monoisotopic (exact) mass is 420 g/mol. The molecule has 3 rings (SSSR count). The Bertz CT molecular complexity index is 1060. The first-order valence-corrected chi connectivity index (χ1v) is 10.9. The fourth-order valence-corrected chi connectivity index (χ4v) is 4.91. The number of amides is 2. The summed E-state index contributed by atoms with van der Waals surface area (Å²) in [6.07, 6.45) is -0.101. The minimum Gasteiger partial charge on any atom is -0.321 e. The molecule has 0 spiro atoms. The number of benzene rings is 2. The van der Waals surface area contributed by atoms with Crippen molar-refractivity contribution in [1.82, 2.24) is 0 Å². The number of halogens is 1. The third kappa shape index (κ3) is 3.77. The molecular formula is C20H21ClN2O4S. The van der Waals surface area contributed by atoms with Gasteiger partial charge in [-0.2, -0.15) is 0 Å². The molecule has 8 heteroatoms. The number of anilines is 2. The number of hydrogen-bond acceptors (Lipinski definition) is 4. The van der Waals surface area contributed by atoms with E-state index in [-0.39, 0.29) is 34.4 Å². The highest BCUT2D eigenvalue weighted by atomic mass is 35.5. The first-order chi connectivity index (χ1) is 13.1. The molecule has 2 amide bonds. The molecule has 0 saturated carbocycles. The second-order valence-corrected chi connectivity index (χ2v) is 9.38. The van der Waals surface area contributed by atoms with Crippen LogP contribution in [0.5, 0.6) is 0 Å². The predicted octanol–water partition coefficient (Wildman–Crippen LogP) is 4.09. The van der Waals surface area contributed by atoms with E-state index in [2.05, 4.69) is 5.32 Å². The molecule has 0 aliphatic carbocycles. The van der Waals surface area contributed by atoms with Crippen LogP contribution >= 0.6 is 11.6 Å². The number of nitrogens with one attached hydrogen (secondary N) is 1. The summed E-state index contributed by atoms with van der Waals surface area (Å²) in [6.45, 7) is 5.98. The zero-order valence-electron chi connectivity index (χ0n) is 15.8. The van der Waals surface area contributed by atoms with E-state index >= 15 is 0 Å². The highest BCUT2D eigenvalue weighted by Crippen LogP contribution is 2.33. The fourth-order valence-electron chi connectivity index (χ4n) is 3.19. The lowest BCUT2D eigenvalue weighted by Crippen LogP contribution is -2.30. The summed E-state index contributed by atoms with van der Waals surface area (Å²) >= 11 is 6.14. The number of para-hydroxylation sites is 1. The molecule has 1 aliphatic heterocycles. The minimum atomic E-state index is -3.77. The van der Waals surface area contributed by atoms with E-state index in [1.54, 1.807) is 0 Å². The first-order valence-electron chi connectivity index (χ1n) is 8.88. The van der Waals surface area contributed by atoms with E-state index in [4.69, 9.17) is 11.6 Å². The maximum Gasteiger partial charge on any atom is 0.255 e. The van der Waals surface area contributed by atoms with Crippen LogP contribution in [0.15, 0.2) is 36.4 Å². The predicted molar refractivity (Wildman–Crippen MR) is 111 cm³/mol. The number of rotatable bonds is 4. The Morgan fingerprint density at radius 2 is 1.93 bits per heavy atom. The van der Waals surface area contributed by atoms with Crippen molar-refractivity contribution >= 4 is 44.8 Å². The molecule has 2 aromatic rings. The van der Waals surface area contributed by atoms with Crippen LogP contribution in [0.2, 0.25) is 5.02 Å². The Balaban J connectivity index is 1.98. The number of aryl methyl sites for hydroxylation is 1. The molecule has 0 radical (unpaired) electrons. The lowest BCUT2D eigenvalue weighted by Gasteiger charge is -2.19. The Kier molecular flexibility index (Phi) is 5.50. The van der Waals surface area contributed by atoms with Crippen LogP contribution in [0.3, 0.4) is 0 Å². The van der Waals surface area contributed by atoms with Crippen LogP contribution in [-0.4, -0.2) is 26.0 Å². The third-order valence-corrected chi connectivity index (χ3v) is 6.67. The van der Waals surface area contributed by atoms with Gasteiger partial charge in [-0.15, -0.1) is 0 Å². The van der Waals surface area contributed by atoms with Gasteiger partial charge >= 0.3 is 0 Å². The summed E-state index contributed by atoms with van der Waals surface area (Å²) in [4.78, 5) is 24.9. The third-order valence-electron chi connectivity index (χ3n) is 4.67. The van der Waals surface area contributed by atoms with Crippen LogP contribution in [-0.2, 0) is 14.8 Å². The quantitative estimate of drug-likeness (QED) is 0.807. The Hall–Kier alpha value is -2.38. The minimum absolute atomic E-state index is 0.00526. The van der Waals surface area contributed by atoms with Gasteiger partial charge in [-0.25, -0.2) is 12.7 Å². The average Bonchev–Trinajstić information content (AvgIpc) is 2.89. The van der Waals surface area contributed by atoms with Crippen LogP contribution in [0.1, 0.15) is 47.7 Å². The summed E-state index contributed by atoms with van der Waals surface area (Å²) in [5.74, 6) is -1.01. The normalized spacial score (nSPS) is 15.9. The maximum atomic E-state index is 12.9. The summed E-state index contributed by atoms with van der Waals surface area (Å²) < 4.78 is 25.1. The molecule has 6 nitrogen and oxygen atoms in total. The van der Waals surface area contributed by atoms with E-state index < -0.39 is 21.8 Å². The van der Waals surface area contributed by atoms with Crippen LogP contribution < -0.4 is 9.62 Å². The van der Waals surface area contributed by atoms with Crippen molar-refractivity contribution in [2.24, 2.45) is 0 Å². The number of sulfonamides is 1. The second kappa shape index (κ2) is 7.56. The molecule has 148 valence electrons. The largest absolute Gasteiger partial charge is 0.321 e. The highest BCUT2D eigenvalue weighted by molar-refractivity contribution is 7.94. The second-order valence-electron chi connectivity index (χ2n) is 7.04. The smallest absolute Gasteiger partial charge is 0.255 e. The Morgan fingerprint density at radius 1 is 1.21 bits per heavy atom. The van der Waals surface area contributed by atoms with Gasteiger partial charge in [0.1, 0.15) is 0 Å². The Morgan fingerprint density at radius 3 is 2.54 bits per heavy atom. The van der Waals surface area contributed by atoms with Crippen molar-refractivity contribution in [1.29, 1.82) is 0 Å². The Labute approximate surface area is 169 Å². The van der Waals surface area contributed by atoms with E-state index in [1.165, 1.54) is 18.2 Å².